The summed E-state index contributed by atoms with van der Waals surface area (Å²) >= 11 is 0. The van der Waals surface area contributed by atoms with E-state index in [2.05, 4.69) is 20.1 Å². The van der Waals surface area contributed by atoms with Crippen LogP contribution in [0.1, 0.15) is 42.9 Å². The van der Waals surface area contributed by atoms with E-state index in [0.29, 0.717) is 41.8 Å². The van der Waals surface area contributed by atoms with Gasteiger partial charge in [-0.1, -0.05) is 18.2 Å². The minimum absolute atomic E-state index is 0.0799. The molecule has 2 saturated heterocycles. The lowest BCUT2D eigenvalue weighted by Crippen LogP contribution is -2.49. The molecule has 3 aromatic rings. The van der Waals surface area contributed by atoms with E-state index in [0.717, 1.165) is 25.7 Å². The van der Waals surface area contributed by atoms with Gasteiger partial charge in [0.25, 0.3) is 0 Å². The Kier molecular flexibility index (Phi) is 6.56. The fraction of sp³-hybridized carbons (Fsp3) is 0.583. The van der Waals surface area contributed by atoms with Crippen molar-refractivity contribution in [1.29, 1.82) is 0 Å². The fourth-order valence-corrected chi connectivity index (χ4v) is 5.54. The normalized spacial score (nSPS) is 23.2. The lowest BCUT2D eigenvalue weighted by molar-refractivity contribution is -0.0408. The monoisotopic (exact) mass is 485 g/mol. The topological polar surface area (TPSA) is 103 Å². The molecule has 0 spiro atoms. The standard InChI is InChI=1S/C24H32FN7O3/c1-15-26-23(29(3)27-15)32-16(2)28-31(24(32)34)13-20(33)12-30-18-8-9-19(30)11-21(10-18)35-14-17-6-4-5-7-22(17)25/h4-7,18-21,33H,8-14H2,1-3H3. The van der Waals surface area contributed by atoms with Crippen molar-refractivity contribution in [3.8, 4) is 5.95 Å². The van der Waals surface area contributed by atoms with Crippen molar-refractivity contribution < 1.29 is 14.2 Å². The third-order valence-corrected chi connectivity index (χ3v) is 7.13. The van der Waals surface area contributed by atoms with Gasteiger partial charge in [-0.3, -0.25) is 4.90 Å². The highest BCUT2D eigenvalue weighted by Gasteiger charge is 2.41. The fourth-order valence-electron chi connectivity index (χ4n) is 5.54. The molecule has 4 heterocycles. The largest absolute Gasteiger partial charge is 0.390 e. The maximum absolute atomic E-state index is 13.9. The summed E-state index contributed by atoms with van der Waals surface area (Å²) in [6.07, 6.45) is 3.16. The summed E-state index contributed by atoms with van der Waals surface area (Å²) in [5, 5.41) is 19.4. The van der Waals surface area contributed by atoms with Crippen molar-refractivity contribution in [2.75, 3.05) is 6.54 Å². The Balaban J connectivity index is 1.20. The molecule has 2 aromatic heterocycles. The summed E-state index contributed by atoms with van der Waals surface area (Å²) in [6.45, 7) is 4.35. The summed E-state index contributed by atoms with van der Waals surface area (Å²) in [5.41, 5.74) is 0.231. The molecule has 0 saturated carbocycles. The third kappa shape index (κ3) is 4.80. The summed E-state index contributed by atoms with van der Waals surface area (Å²) in [7, 11) is 1.73. The second-order valence-corrected chi connectivity index (χ2v) is 9.66. The maximum atomic E-state index is 13.9. The van der Waals surface area contributed by atoms with Gasteiger partial charge in [-0.05, 0) is 45.6 Å². The maximum Gasteiger partial charge on any atom is 0.353 e. The molecule has 0 amide bonds. The second kappa shape index (κ2) is 9.63. The van der Waals surface area contributed by atoms with Gasteiger partial charge >= 0.3 is 5.69 Å². The van der Waals surface area contributed by atoms with Gasteiger partial charge in [0.1, 0.15) is 17.5 Å². The zero-order valence-electron chi connectivity index (χ0n) is 20.3. The number of hydrogen-bond acceptors (Lipinski definition) is 7. The number of piperidine rings is 1. The summed E-state index contributed by atoms with van der Waals surface area (Å²) in [5.74, 6) is 1.23. The Morgan fingerprint density at radius 2 is 1.86 bits per heavy atom. The number of fused-ring (bicyclic) bond motifs is 2. The van der Waals surface area contributed by atoms with E-state index in [1.54, 1.807) is 37.7 Å². The molecule has 3 unspecified atom stereocenters. The zero-order chi connectivity index (χ0) is 24.7. The van der Waals surface area contributed by atoms with Crippen LogP contribution < -0.4 is 5.69 Å². The molecule has 10 nitrogen and oxygen atoms in total. The highest BCUT2D eigenvalue weighted by Crippen LogP contribution is 2.37. The average Bonchev–Trinajstić information content (AvgIpc) is 3.35. The molecule has 2 aliphatic rings. The number of aromatic nitrogens is 6. The minimum Gasteiger partial charge on any atom is -0.390 e. The summed E-state index contributed by atoms with van der Waals surface area (Å²) in [4.78, 5) is 19.7. The van der Waals surface area contributed by atoms with E-state index < -0.39 is 6.10 Å². The summed E-state index contributed by atoms with van der Waals surface area (Å²) in [6, 6.07) is 7.33. The predicted molar refractivity (Wildman–Crippen MR) is 126 cm³/mol. The molecule has 2 bridgehead atoms. The van der Waals surface area contributed by atoms with Crippen molar-refractivity contribution in [3.63, 3.8) is 0 Å². The number of benzene rings is 1. The molecule has 5 rings (SSSR count). The molecule has 2 fully saturated rings. The molecule has 3 atom stereocenters. The number of hydrogen-bond donors (Lipinski definition) is 1. The first-order chi connectivity index (χ1) is 16.8. The number of aryl methyl sites for hydroxylation is 3. The molecule has 1 aromatic carbocycles. The van der Waals surface area contributed by atoms with Crippen LogP contribution >= 0.6 is 0 Å². The van der Waals surface area contributed by atoms with E-state index in [4.69, 9.17) is 4.74 Å². The van der Waals surface area contributed by atoms with Gasteiger partial charge in [0.15, 0.2) is 0 Å². The lowest BCUT2D eigenvalue weighted by Gasteiger charge is -2.39. The quantitative estimate of drug-likeness (QED) is 0.516. The smallest absolute Gasteiger partial charge is 0.353 e. The van der Waals surface area contributed by atoms with E-state index in [9.17, 15) is 14.3 Å². The van der Waals surface area contributed by atoms with Gasteiger partial charge in [0.05, 0.1) is 25.4 Å². The van der Waals surface area contributed by atoms with Gasteiger partial charge in [-0.15, -0.1) is 0 Å². The Labute approximate surface area is 203 Å². The Hall–Kier alpha value is -2.89. The molecule has 1 N–H and O–H groups in total. The lowest BCUT2D eigenvalue weighted by atomic mass is 9.99. The van der Waals surface area contributed by atoms with Gasteiger partial charge < -0.3 is 9.84 Å². The Morgan fingerprint density at radius 1 is 1.14 bits per heavy atom. The highest BCUT2D eigenvalue weighted by molar-refractivity contribution is 5.16. The van der Waals surface area contributed by atoms with Gasteiger partial charge in [-0.2, -0.15) is 15.2 Å². The average molecular weight is 486 g/mol. The van der Waals surface area contributed by atoms with Gasteiger partial charge in [0, 0.05) is 31.2 Å². The molecule has 11 heteroatoms. The first kappa shape index (κ1) is 23.8. The van der Waals surface area contributed by atoms with Crippen LogP contribution in [0.5, 0.6) is 0 Å². The van der Waals surface area contributed by atoms with Crippen molar-refractivity contribution in [3.05, 3.63) is 57.8 Å². The van der Waals surface area contributed by atoms with Crippen LogP contribution in [-0.4, -0.2) is 70.0 Å². The van der Waals surface area contributed by atoms with E-state index in [1.165, 1.54) is 15.3 Å². The SMILES string of the molecule is Cc1nc(-n2c(C)nn(CC(O)CN3C4CCC3CC(OCc3ccccc3F)C4)c2=O)n(C)n1. The zero-order valence-corrected chi connectivity index (χ0v) is 20.3. The third-order valence-electron chi connectivity index (χ3n) is 7.13. The molecule has 188 valence electrons. The molecule has 35 heavy (non-hydrogen) atoms. The van der Waals surface area contributed by atoms with Crippen LogP contribution in [-0.2, 0) is 24.9 Å². The van der Waals surface area contributed by atoms with Crippen LogP contribution in [0.15, 0.2) is 29.1 Å². The van der Waals surface area contributed by atoms with Crippen LogP contribution in [0.2, 0.25) is 0 Å². The van der Waals surface area contributed by atoms with Crippen molar-refractivity contribution in [2.24, 2.45) is 7.05 Å². The predicted octanol–water partition coefficient (Wildman–Crippen LogP) is 1.49. The summed E-state index contributed by atoms with van der Waals surface area (Å²) < 4.78 is 24.2. The number of aliphatic hydroxyl groups excluding tert-OH is 1. The van der Waals surface area contributed by atoms with Crippen molar-refractivity contribution in [2.45, 2.75) is 77.0 Å². The molecule has 0 aliphatic carbocycles. The van der Waals surface area contributed by atoms with E-state index in [1.807, 2.05) is 6.07 Å². The first-order valence-electron chi connectivity index (χ1n) is 12.1. The number of nitrogens with zero attached hydrogens (tertiary/aromatic N) is 7. The van der Waals surface area contributed by atoms with Crippen LogP contribution in [0.4, 0.5) is 4.39 Å². The van der Waals surface area contributed by atoms with E-state index in [-0.39, 0.29) is 30.8 Å². The number of rotatable bonds is 8. The van der Waals surface area contributed by atoms with Crippen molar-refractivity contribution >= 4 is 0 Å². The second-order valence-electron chi connectivity index (χ2n) is 9.66. The van der Waals surface area contributed by atoms with Crippen LogP contribution in [0.25, 0.3) is 5.95 Å². The van der Waals surface area contributed by atoms with Crippen LogP contribution in [0, 0.1) is 19.7 Å². The highest BCUT2D eigenvalue weighted by atomic mass is 19.1. The number of ether oxygens (including phenoxy) is 1. The molecular weight excluding hydrogens is 453 g/mol. The van der Waals surface area contributed by atoms with Crippen molar-refractivity contribution in [1.82, 2.24) is 34.0 Å². The minimum atomic E-state index is -0.740. The molecular formula is C24H32FN7O3. The molecule has 0 radical (unpaired) electrons. The van der Waals surface area contributed by atoms with Crippen LogP contribution in [0.3, 0.4) is 0 Å². The van der Waals surface area contributed by atoms with Gasteiger partial charge in [0.2, 0.25) is 5.95 Å². The molecule has 2 aliphatic heterocycles. The van der Waals surface area contributed by atoms with E-state index >= 15 is 0 Å². The first-order valence-corrected chi connectivity index (χ1v) is 12.1. The Morgan fingerprint density at radius 3 is 2.51 bits per heavy atom. The number of halogens is 1. The Bertz CT molecular complexity index is 1240. The number of aliphatic hydroxyl groups is 1. The van der Waals surface area contributed by atoms with Gasteiger partial charge in [-0.25, -0.2) is 23.1 Å².